The Kier molecular flexibility index (Phi) is 5.67. The summed E-state index contributed by atoms with van der Waals surface area (Å²) < 4.78 is 38.5. The zero-order valence-corrected chi connectivity index (χ0v) is 17.2. The molecule has 4 rings (SSSR count). The van der Waals surface area contributed by atoms with E-state index in [1.54, 1.807) is 6.07 Å². The molecule has 1 atom stereocenters. The van der Waals surface area contributed by atoms with Crippen LogP contribution in [0.4, 0.5) is 0 Å². The van der Waals surface area contributed by atoms with Gasteiger partial charge in [0.1, 0.15) is 17.6 Å². The summed E-state index contributed by atoms with van der Waals surface area (Å²) >= 11 is 6.14. The number of rotatable bonds is 5. The van der Waals surface area contributed by atoms with Gasteiger partial charge < -0.3 is 14.8 Å². The van der Waals surface area contributed by atoms with Gasteiger partial charge in [-0.2, -0.15) is 4.31 Å². The van der Waals surface area contributed by atoms with Crippen LogP contribution in [0.5, 0.6) is 11.5 Å². The van der Waals surface area contributed by atoms with Gasteiger partial charge >= 0.3 is 0 Å². The third kappa shape index (κ3) is 4.19. The monoisotopic (exact) mass is 436 g/mol. The zero-order valence-electron chi connectivity index (χ0n) is 15.6. The van der Waals surface area contributed by atoms with Gasteiger partial charge in [0.2, 0.25) is 10.0 Å². The number of carbonyl (C=O) groups is 1. The highest BCUT2D eigenvalue weighted by Gasteiger charge is 2.30. The van der Waals surface area contributed by atoms with Crippen LogP contribution in [0, 0.1) is 0 Å². The molecular weight excluding hydrogens is 416 g/mol. The standard InChI is InChI=1S/C20H21ClN2O5S/c21-16-8-7-14(11-19(16)29(25,26)23-9-3-4-10-23)20(24)22-12-15-13-27-17-5-1-2-6-18(17)28-15/h1-2,5-8,11,15H,3-4,9-10,12-13H2,(H,22,24)/t15-/m0/s1. The first kappa shape index (κ1) is 20.0. The quantitative estimate of drug-likeness (QED) is 0.778. The number of benzene rings is 2. The van der Waals surface area contributed by atoms with Crippen molar-refractivity contribution in [2.45, 2.75) is 23.8 Å². The Labute approximate surface area is 174 Å². The minimum absolute atomic E-state index is 0.0418. The molecular formula is C20H21ClN2O5S. The lowest BCUT2D eigenvalue weighted by Crippen LogP contribution is -2.40. The lowest BCUT2D eigenvalue weighted by molar-refractivity contribution is 0.0789. The number of ether oxygens (including phenoxy) is 2. The van der Waals surface area contributed by atoms with E-state index in [2.05, 4.69) is 5.32 Å². The molecule has 1 fully saturated rings. The number of sulfonamides is 1. The molecule has 0 aliphatic carbocycles. The second-order valence-corrected chi connectivity index (χ2v) is 9.28. The summed E-state index contributed by atoms with van der Waals surface area (Å²) in [5.41, 5.74) is 0.226. The number of hydrogen-bond acceptors (Lipinski definition) is 5. The van der Waals surface area contributed by atoms with Crippen molar-refractivity contribution in [3.63, 3.8) is 0 Å². The fraction of sp³-hybridized carbons (Fsp3) is 0.350. The summed E-state index contributed by atoms with van der Waals surface area (Å²) in [6.45, 7) is 1.47. The molecule has 0 unspecified atom stereocenters. The Morgan fingerprint density at radius 2 is 1.86 bits per heavy atom. The molecule has 2 aliphatic rings. The number of carbonyl (C=O) groups excluding carboxylic acids is 1. The molecule has 2 aliphatic heterocycles. The van der Waals surface area contributed by atoms with Gasteiger partial charge in [-0.1, -0.05) is 23.7 Å². The molecule has 0 radical (unpaired) electrons. The van der Waals surface area contributed by atoms with E-state index in [1.165, 1.54) is 22.5 Å². The summed E-state index contributed by atoms with van der Waals surface area (Å²) in [4.78, 5) is 12.5. The van der Waals surface area contributed by atoms with E-state index in [4.69, 9.17) is 21.1 Å². The highest BCUT2D eigenvalue weighted by Crippen LogP contribution is 2.31. The summed E-state index contributed by atoms with van der Waals surface area (Å²) in [6, 6.07) is 11.6. The van der Waals surface area contributed by atoms with Crippen LogP contribution in [0.1, 0.15) is 23.2 Å². The number of nitrogens with one attached hydrogen (secondary N) is 1. The molecule has 0 spiro atoms. The van der Waals surface area contributed by atoms with Crippen LogP contribution in [0.15, 0.2) is 47.4 Å². The normalized spacial score (nSPS) is 19.1. The first-order valence-corrected chi connectivity index (χ1v) is 11.2. The lowest BCUT2D eigenvalue weighted by atomic mass is 10.2. The van der Waals surface area contributed by atoms with Crippen molar-refractivity contribution in [1.82, 2.24) is 9.62 Å². The van der Waals surface area contributed by atoms with E-state index >= 15 is 0 Å². The highest BCUT2D eigenvalue weighted by atomic mass is 35.5. The van der Waals surface area contributed by atoms with Crippen LogP contribution in [0.2, 0.25) is 5.02 Å². The lowest BCUT2D eigenvalue weighted by Gasteiger charge is -2.26. The molecule has 2 heterocycles. The number of nitrogens with zero attached hydrogens (tertiary/aromatic N) is 1. The number of para-hydroxylation sites is 2. The van der Waals surface area contributed by atoms with E-state index in [0.717, 1.165) is 12.8 Å². The first-order chi connectivity index (χ1) is 13.9. The molecule has 9 heteroatoms. The Morgan fingerprint density at radius 1 is 1.14 bits per heavy atom. The number of halogens is 1. The maximum Gasteiger partial charge on any atom is 0.251 e. The van der Waals surface area contributed by atoms with E-state index < -0.39 is 15.9 Å². The third-order valence-corrected chi connectivity index (χ3v) is 7.31. The topological polar surface area (TPSA) is 84.9 Å². The SMILES string of the molecule is O=C(NC[C@H]1COc2ccccc2O1)c1ccc(Cl)c(S(=O)(=O)N2CCCC2)c1. The summed E-state index contributed by atoms with van der Waals surface area (Å²) in [5, 5.41) is 2.88. The van der Waals surface area contributed by atoms with Crippen molar-refractivity contribution in [1.29, 1.82) is 0 Å². The smallest absolute Gasteiger partial charge is 0.251 e. The molecule has 1 amide bonds. The Hall–Kier alpha value is -2.29. The highest BCUT2D eigenvalue weighted by molar-refractivity contribution is 7.89. The number of amides is 1. The van der Waals surface area contributed by atoms with E-state index in [-0.39, 0.29) is 28.1 Å². The molecule has 7 nitrogen and oxygen atoms in total. The van der Waals surface area contributed by atoms with Gasteiger partial charge in [0, 0.05) is 18.7 Å². The summed E-state index contributed by atoms with van der Waals surface area (Å²) in [6.07, 6.45) is 1.31. The largest absolute Gasteiger partial charge is 0.486 e. The second kappa shape index (κ2) is 8.22. The van der Waals surface area contributed by atoms with Crippen LogP contribution >= 0.6 is 11.6 Å². The minimum atomic E-state index is -3.72. The first-order valence-electron chi connectivity index (χ1n) is 9.41. The van der Waals surface area contributed by atoms with Gasteiger partial charge in [0.15, 0.2) is 11.5 Å². The van der Waals surface area contributed by atoms with Crippen LogP contribution in [-0.4, -0.2) is 51.0 Å². The molecule has 0 saturated carbocycles. The predicted octanol–water partition coefficient (Wildman–Crippen LogP) is 2.69. The fourth-order valence-corrected chi connectivity index (χ4v) is 5.40. The van der Waals surface area contributed by atoms with Crippen LogP contribution < -0.4 is 14.8 Å². The molecule has 2 aromatic rings. The average Bonchev–Trinajstić information content (AvgIpc) is 3.28. The van der Waals surface area contributed by atoms with Crippen LogP contribution in [-0.2, 0) is 10.0 Å². The maximum atomic E-state index is 12.8. The van der Waals surface area contributed by atoms with Gasteiger partial charge in [0.25, 0.3) is 5.91 Å². The second-order valence-electron chi connectivity index (χ2n) is 6.96. The van der Waals surface area contributed by atoms with Crippen molar-refractivity contribution in [2.24, 2.45) is 0 Å². The molecule has 1 saturated heterocycles. The Morgan fingerprint density at radius 3 is 2.62 bits per heavy atom. The third-order valence-electron chi connectivity index (χ3n) is 4.93. The molecule has 0 bridgehead atoms. The van der Waals surface area contributed by atoms with Gasteiger partial charge in [0.05, 0.1) is 11.6 Å². The van der Waals surface area contributed by atoms with Gasteiger partial charge in [-0.05, 0) is 43.2 Å². The number of hydrogen-bond donors (Lipinski definition) is 1. The molecule has 29 heavy (non-hydrogen) atoms. The number of fused-ring (bicyclic) bond motifs is 1. The molecule has 0 aromatic heterocycles. The zero-order chi connectivity index (χ0) is 20.4. The Bertz CT molecular complexity index is 1020. The van der Waals surface area contributed by atoms with Crippen molar-refractivity contribution in [2.75, 3.05) is 26.2 Å². The predicted molar refractivity (Wildman–Crippen MR) is 108 cm³/mol. The van der Waals surface area contributed by atoms with E-state index in [9.17, 15) is 13.2 Å². The van der Waals surface area contributed by atoms with E-state index in [1.807, 2.05) is 18.2 Å². The van der Waals surface area contributed by atoms with Crippen molar-refractivity contribution >= 4 is 27.5 Å². The molecule has 154 valence electrons. The average molecular weight is 437 g/mol. The van der Waals surface area contributed by atoms with Crippen LogP contribution in [0.25, 0.3) is 0 Å². The van der Waals surface area contributed by atoms with Crippen LogP contribution in [0.3, 0.4) is 0 Å². The summed E-state index contributed by atoms with van der Waals surface area (Å²) in [5.74, 6) is 0.898. The van der Waals surface area contributed by atoms with Gasteiger partial charge in [-0.3, -0.25) is 4.79 Å². The van der Waals surface area contributed by atoms with Gasteiger partial charge in [-0.25, -0.2) is 8.42 Å². The molecule has 2 aromatic carbocycles. The maximum absolute atomic E-state index is 12.8. The van der Waals surface area contributed by atoms with Crippen molar-refractivity contribution in [3.05, 3.63) is 53.1 Å². The minimum Gasteiger partial charge on any atom is -0.486 e. The summed E-state index contributed by atoms with van der Waals surface area (Å²) in [7, 11) is -3.72. The van der Waals surface area contributed by atoms with Crippen molar-refractivity contribution in [3.8, 4) is 11.5 Å². The van der Waals surface area contributed by atoms with Crippen molar-refractivity contribution < 1.29 is 22.7 Å². The molecule has 1 N–H and O–H groups in total. The fourth-order valence-electron chi connectivity index (χ4n) is 3.38. The van der Waals surface area contributed by atoms with E-state index in [0.29, 0.717) is 31.2 Å². The Balaban J connectivity index is 1.44. The van der Waals surface area contributed by atoms with Gasteiger partial charge in [-0.15, -0.1) is 0 Å².